The minimum Gasteiger partial charge on any atom is -0.457 e. The van der Waals surface area contributed by atoms with Gasteiger partial charge in [0.2, 0.25) is 5.89 Å². The van der Waals surface area contributed by atoms with Gasteiger partial charge in [-0.05, 0) is 72.3 Å². The zero-order chi connectivity index (χ0) is 14.8. The predicted octanol–water partition coefficient (Wildman–Crippen LogP) is 5.36. The lowest BCUT2D eigenvalue weighted by Gasteiger charge is -2.08. The molecule has 0 atom stereocenters. The van der Waals surface area contributed by atoms with Crippen LogP contribution in [-0.2, 0) is 0 Å². The van der Waals surface area contributed by atoms with Gasteiger partial charge in [0, 0.05) is 5.56 Å². The Bertz CT molecular complexity index is 746. The van der Waals surface area contributed by atoms with Crippen LogP contribution in [0.4, 0.5) is 0 Å². The maximum Gasteiger partial charge on any atom is 0.227 e. The van der Waals surface area contributed by atoms with Crippen LogP contribution < -0.4 is 4.74 Å². The highest BCUT2D eigenvalue weighted by Crippen LogP contribution is 2.30. The molecule has 0 aliphatic carbocycles. The number of hydrogen-bond acceptors (Lipinski definition) is 3. The minimum atomic E-state index is 0.653. The SMILES string of the molecule is Cc1cc(Oc2ccccc2)ccc1-c1nc(I)c(C)o1. The molecule has 3 rings (SSSR count). The van der Waals surface area contributed by atoms with E-state index in [-0.39, 0.29) is 0 Å². The van der Waals surface area contributed by atoms with Gasteiger partial charge in [0.05, 0.1) is 0 Å². The van der Waals surface area contributed by atoms with Gasteiger partial charge < -0.3 is 9.15 Å². The molecule has 3 aromatic rings. The van der Waals surface area contributed by atoms with E-state index < -0.39 is 0 Å². The topological polar surface area (TPSA) is 35.3 Å². The number of hydrogen-bond donors (Lipinski definition) is 0. The number of para-hydroxylation sites is 1. The number of halogens is 1. The number of aryl methyl sites for hydroxylation is 2. The van der Waals surface area contributed by atoms with Crippen LogP contribution in [-0.4, -0.2) is 4.98 Å². The molecule has 0 saturated carbocycles. The van der Waals surface area contributed by atoms with Crippen LogP contribution in [0.15, 0.2) is 52.9 Å². The molecule has 21 heavy (non-hydrogen) atoms. The van der Waals surface area contributed by atoms with Crippen molar-refractivity contribution in [2.75, 3.05) is 0 Å². The molecule has 1 aromatic heterocycles. The fourth-order valence-electron chi connectivity index (χ4n) is 2.06. The highest BCUT2D eigenvalue weighted by atomic mass is 127. The lowest BCUT2D eigenvalue weighted by molar-refractivity contribution is 0.482. The molecule has 0 N–H and O–H groups in total. The van der Waals surface area contributed by atoms with Crippen LogP contribution in [0.25, 0.3) is 11.5 Å². The van der Waals surface area contributed by atoms with Gasteiger partial charge in [0.25, 0.3) is 0 Å². The molecule has 0 fully saturated rings. The average molecular weight is 391 g/mol. The third-order valence-corrected chi connectivity index (χ3v) is 4.15. The zero-order valence-electron chi connectivity index (χ0n) is 11.8. The van der Waals surface area contributed by atoms with E-state index in [1.165, 1.54) is 0 Å². The van der Waals surface area contributed by atoms with Crippen LogP contribution in [0, 0.1) is 17.5 Å². The first-order valence-electron chi connectivity index (χ1n) is 6.60. The first-order chi connectivity index (χ1) is 10.1. The van der Waals surface area contributed by atoms with Gasteiger partial charge in [-0.2, -0.15) is 0 Å². The van der Waals surface area contributed by atoms with Crippen molar-refractivity contribution in [3.8, 4) is 23.0 Å². The third kappa shape index (κ3) is 3.10. The summed E-state index contributed by atoms with van der Waals surface area (Å²) in [6.07, 6.45) is 0. The van der Waals surface area contributed by atoms with Crippen LogP contribution in [0.5, 0.6) is 11.5 Å². The predicted molar refractivity (Wildman–Crippen MR) is 90.6 cm³/mol. The molecule has 0 unspecified atom stereocenters. The molecular weight excluding hydrogens is 377 g/mol. The maximum atomic E-state index is 5.83. The fourth-order valence-corrected chi connectivity index (χ4v) is 2.39. The Morgan fingerprint density at radius 2 is 1.76 bits per heavy atom. The zero-order valence-corrected chi connectivity index (χ0v) is 13.9. The van der Waals surface area contributed by atoms with E-state index in [0.717, 1.165) is 32.1 Å². The van der Waals surface area contributed by atoms with Crippen molar-refractivity contribution in [1.29, 1.82) is 0 Å². The third-order valence-electron chi connectivity index (χ3n) is 3.15. The second-order valence-electron chi connectivity index (χ2n) is 4.76. The summed E-state index contributed by atoms with van der Waals surface area (Å²) >= 11 is 2.18. The van der Waals surface area contributed by atoms with Crippen LogP contribution in [0.2, 0.25) is 0 Å². The molecular formula is C17H14INO2. The fraction of sp³-hybridized carbons (Fsp3) is 0.118. The molecule has 0 spiro atoms. The number of rotatable bonds is 3. The smallest absolute Gasteiger partial charge is 0.227 e. The summed E-state index contributed by atoms with van der Waals surface area (Å²) in [4.78, 5) is 4.43. The highest BCUT2D eigenvalue weighted by Gasteiger charge is 2.12. The molecule has 3 nitrogen and oxygen atoms in total. The number of benzene rings is 2. The van der Waals surface area contributed by atoms with Crippen LogP contribution in [0.3, 0.4) is 0 Å². The molecule has 0 radical (unpaired) electrons. The molecule has 0 amide bonds. The molecule has 0 bridgehead atoms. The second kappa shape index (κ2) is 5.89. The Morgan fingerprint density at radius 3 is 2.38 bits per heavy atom. The summed E-state index contributed by atoms with van der Waals surface area (Å²) in [5, 5.41) is 0. The van der Waals surface area contributed by atoms with Crippen molar-refractivity contribution in [1.82, 2.24) is 4.98 Å². The van der Waals surface area contributed by atoms with Crippen molar-refractivity contribution in [2.24, 2.45) is 0 Å². The van der Waals surface area contributed by atoms with E-state index in [0.29, 0.717) is 5.89 Å². The Balaban J connectivity index is 1.89. The average Bonchev–Trinajstić information content (AvgIpc) is 2.79. The standard InChI is InChI=1S/C17H14INO2/c1-11-10-14(21-13-6-4-3-5-7-13)8-9-15(11)17-19-16(18)12(2)20-17/h3-10H,1-2H3. The number of nitrogens with zero attached hydrogens (tertiary/aromatic N) is 1. The van der Waals surface area contributed by atoms with E-state index in [4.69, 9.17) is 9.15 Å². The van der Waals surface area contributed by atoms with Gasteiger partial charge in [0.15, 0.2) is 0 Å². The van der Waals surface area contributed by atoms with Crippen molar-refractivity contribution in [3.63, 3.8) is 0 Å². The van der Waals surface area contributed by atoms with Gasteiger partial charge >= 0.3 is 0 Å². The summed E-state index contributed by atoms with van der Waals surface area (Å²) in [5.41, 5.74) is 2.06. The van der Waals surface area contributed by atoms with Gasteiger partial charge in [0.1, 0.15) is 21.0 Å². The first kappa shape index (κ1) is 14.1. The van der Waals surface area contributed by atoms with Crippen molar-refractivity contribution < 1.29 is 9.15 Å². The molecule has 106 valence electrons. The molecule has 4 heteroatoms. The monoisotopic (exact) mass is 391 g/mol. The van der Waals surface area contributed by atoms with E-state index in [9.17, 15) is 0 Å². The lowest BCUT2D eigenvalue weighted by Crippen LogP contribution is -1.88. The van der Waals surface area contributed by atoms with Gasteiger partial charge in [-0.1, -0.05) is 18.2 Å². The molecule has 0 aliphatic heterocycles. The Hall–Kier alpha value is -1.82. The van der Waals surface area contributed by atoms with Crippen molar-refractivity contribution >= 4 is 22.6 Å². The normalized spacial score (nSPS) is 10.6. The Labute approximate surface area is 137 Å². The van der Waals surface area contributed by atoms with E-state index in [1.54, 1.807) is 0 Å². The van der Waals surface area contributed by atoms with Crippen LogP contribution >= 0.6 is 22.6 Å². The summed E-state index contributed by atoms with van der Waals surface area (Å²) < 4.78 is 12.4. The van der Waals surface area contributed by atoms with E-state index >= 15 is 0 Å². The first-order valence-corrected chi connectivity index (χ1v) is 7.68. The number of ether oxygens (including phenoxy) is 1. The van der Waals surface area contributed by atoms with Gasteiger partial charge in [-0.25, -0.2) is 4.98 Å². The Kier molecular flexibility index (Phi) is 3.96. The van der Waals surface area contributed by atoms with Crippen molar-refractivity contribution in [3.05, 3.63) is 63.6 Å². The van der Waals surface area contributed by atoms with Crippen LogP contribution in [0.1, 0.15) is 11.3 Å². The quantitative estimate of drug-likeness (QED) is 0.565. The van der Waals surface area contributed by atoms with E-state index in [1.807, 2.05) is 62.4 Å². The minimum absolute atomic E-state index is 0.653. The molecule has 0 aliphatic rings. The summed E-state index contributed by atoms with van der Waals surface area (Å²) in [6, 6.07) is 15.6. The molecule has 2 aromatic carbocycles. The number of aromatic nitrogens is 1. The largest absolute Gasteiger partial charge is 0.457 e. The summed E-state index contributed by atoms with van der Waals surface area (Å²) in [7, 11) is 0. The lowest BCUT2D eigenvalue weighted by atomic mass is 10.1. The number of oxazole rings is 1. The van der Waals surface area contributed by atoms with Crippen molar-refractivity contribution in [2.45, 2.75) is 13.8 Å². The summed E-state index contributed by atoms with van der Waals surface area (Å²) in [5.74, 6) is 3.13. The highest BCUT2D eigenvalue weighted by molar-refractivity contribution is 14.1. The second-order valence-corrected chi connectivity index (χ2v) is 5.78. The molecule has 1 heterocycles. The van der Waals surface area contributed by atoms with E-state index in [2.05, 4.69) is 27.6 Å². The van der Waals surface area contributed by atoms with Gasteiger partial charge in [-0.3, -0.25) is 0 Å². The Morgan fingerprint density at radius 1 is 1.00 bits per heavy atom. The summed E-state index contributed by atoms with van der Waals surface area (Å²) in [6.45, 7) is 3.94. The molecule has 0 saturated heterocycles. The maximum absolute atomic E-state index is 5.83. The van der Waals surface area contributed by atoms with Gasteiger partial charge in [-0.15, -0.1) is 0 Å².